The van der Waals surface area contributed by atoms with E-state index in [9.17, 15) is 0 Å². The van der Waals surface area contributed by atoms with Crippen molar-refractivity contribution in [2.24, 2.45) is 5.10 Å². The largest absolute Gasteiger partial charge is 0.261 e. The van der Waals surface area contributed by atoms with Crippen LogP contribution in [0.15, 0.2) is 34.9 Å². The van der Waals surface area contributed by atoms with Gasteiger partial charge in [-0.15, -0.1) is 0 Å². The van der Waals surface area contributed by atoms with Crippen molar-refractivity contribution in [3.8, 4) is 0 Å². The van der Waals surface area contributed by atoms with Crippen LogP contribution in [0.4, 0.5) is 5.69 Å². The van der Waals surface area contributed by atoms with Crippen LogP contribution in [0.25, 0.3) is 0 Å². The molecule has 16 heavy (non-hydrogen) atoms. The van der Waals surface area contributed by atoms with E-state index < -0.39 is 0 Å². The first kappa shape index (κ1) is 10.9. The highest BCUT2D eigenvalue weighted by atomic mass is 15.5. The molecule has 0 unspecified atom stereocenters. The summed E-state index contributed by atoms with van der Waals surface area (Å²) in [6.07, 6.45) is 5.10. The van der Waals surface area contributed by atoms with E-state index in [1.165, 1.54) is 22.4 Å². The second-order valence-electron chi connectivity index (χ2n) is 4.22. The van der Waals surface area contributed by atoms with E-state index >= 15 is 0 Å². The van der Waals surface area contributed by atoms with Crippen molar-refractivity contribution in [2.75, 3.05) is 11.6 Å². The average molecular weight is 214 g/mol. The molecule has 1 aromatic carbocycles. The van der Waals surface area contributed by atoms with Crippen LogP contribution in [0.5, 0.6) is 0 Å². The Labute approximate surface area is 97.3 Å². The Kier molecular flexibility index (Phi) is 3.09. The zero-order chi connectivity index (χ0) is 11.5. The van der Waals surface area contributed by atoms with Gasteiger partial charge in [-0.1, -0.05) is 19.1 Å². The fourth-order valence-corrected chi connectivity index (χ4v) is 1.90. The van der Waals surface area contributed by atoms with Gasteiger partial charge in [0.05, 0.1) is 12.2 Å². The smallest absolute Gasteiger partial charge is 0.0629 e. The van der Waals surface area contributed by atoms with Crippen LogP contribution in [-0.2, 0) is 0 Å². The Morgan fingerprint density at radius 1 is 1.31 bits per heavy atom. The van der Waals surface area contributed by atoms with Crippen molar-refractivity contribution in [1.29, 1.82) is 0 Å². The number of anilines is 1. The second kappa shape index (κ2) is 4.52. The molecule has 2 heteroatoms. The number of rotatable bonds is 2. The van der Waals surface area contributed by atoms with E-state index in [0.717, 1.165) is 13.0 Å². The highest BCUT2D eigenvalue weighted by Crippen LogP contribution is 2.25. The molecule has 0 radical (unpaired) electrons. The zero-order valence-electron chi connectivity index (χ0n) is 10.2. The topological polar surface area (TPSA) is 15.6 Å². The van der Waals surface area contributed by atoms with Crippen molar-refractivity contribution in [2.45, 2.75) is 27.2 Å². The minimum atomic E-state index is 0.914. The molecule has 1 aliphatic heterocycles. The van der Waals surface area contributed by atoms with Gasteiger partial charge in [0, 0.05) is 6.21 Å². The molecule has 0 amide bonds. The summed E-state index contributed by atoms with van der Waals surface area (Å²) in [5.74, 6) is 0. The van der Waals surface area contributed by atoms with Gasteiger partial charge in [-0.25, -0.2) is 0 Å². The first-order valence-electron chi connectivity index (χ1n) is 5.78. The molecule has 0 aliphatic carbocycles. The van der Waals surface area contributed by atoms with Gasteiger partial charge in [0.25, 0.3) is 0 Å². The zero-order valence-corrected chi connectivity index (χ0v) is 10.2. The third kappa shape index (κ3) is 2.01. The molecule has 1 aromatic rings. The Balaban J connectivity index is 2.30. The molecule has 0 aromatic heterocycles. The van der Waals surface area contributed by atoms with Gasteiger partial charge in [-0.05, 0) is 49.1 Å². The van der Waals surface area contributed by atoms with E-state index in [4.69, 9.17) is 0 Å². The summed E-state index contributed by atoms with van der Waals surface area (Å²) in [4.78, 5) is 0. The normalized spacial score (nSPS) is 15.2. The number of hydrazone groups is 1. The van der Waals surface area contributed by atoms with Crippen LogP contribution >= 0.6 is 0 Å². The van der Waals surface area contributed by atoms with Crippen LogP contribution in [0.3, 0.4) is 0 Å². The van der Waals surface area contributed by atoms with Gasteiger partial charge in [0.2, 0.25) is 0 Å². The fourth-order valence-electron chi connectivity index (χ4n) is 1.90. The molecular weight excluding hydrogens is 196 g/mol. The van der Waals surface area contributed by atoms with Crippen LogP contribution in [0, 0.1) is 13.8 Å². The summed E-state index contributed by atoms with van der Waals surface area (Å²) < 4.78 is 0. The SMILES string of the molecule is CCC1=CC=NN(c2cccc(C)c2C)C1. The quantitative estimate of drug-likeness (QED) is 0.736. The minimum absolute atomic E-state index is 0.914. The molecule has 0 atom stereocenters. The maximum atomic E-state index is 4.43. The maximum absolute atomic E-state index is 4.43. The molecule has 2 nitrogen and oxygen atoms in total. The van der Waals surface area contributed by atoms with Gasteiger partial charge in [0.15, 0.2) is 0 Å². The fraction of sp³-hybridized carbons (Fsp3) is 0.357. The van der Waals surface area contributed by atoms with Crippen molar-refractivity contribution in [3.05, 3.63) is 41.0 Å². The van der Waals surface area contributed by atoms with E-state index in [-0.39, 0.29) is 0 Å². The van der Waals surface area contributed by atoms with Gasteiger partial charge in [-0.3, -0.25) is 5.01 Å². The number of nitrogens with zero attached hydrogens (tertiary/aromatic N) is 2. The highest BCUT2D eigenvalue weighted by molar-refractivity contribution is 5.76. The third-order valence-corrected chi connectivity index (χ3v) is 3.18. The molecule has 0 N–H and O–H groups in total. The molecule has 1 heterocycles. The summed E-state index contributed by atoms with van der Waals surface area (Å²) in [5, 5.41) is 6.52. The summed E-state index contributed by atoms with van der Waals surface area (Å²) in [5.41, 5.74) is 5.28. The Morgan fingerprint density at radius 2 is 2.12 bits per heavy atom. The number of allylic oxidation sites excluding steroid dienone is 1. The average Bonchev–Trinajstić information content (AvgIpc) is 2.33. The summed E-state index contributed by atoms with van der Waals surface area (Å²) in [6, 6.07) is 6.37. The predicted octanol–water partition coefficient (Wildman–Crippen LogP) is 3.45. The maximum Gasteiger partial charge on any atom is 0.0629 e. The predicted molar refractivity (Wildman–Crippen MR) is 70.1 cm³/mol. The van der Waals surface area contributed by atoms with Crippen LogP contribution in [-0.4, -0.2) is 12.8 Å². The van der Waals surface area contributed by atoms with Crippen LogP contribution < -0.4 is 5.01 Å². The standard InChI is InChI=1S/C14H18N2/c1-4-13-8-9-15-16(10-13)14-7-5-6-11(2)12(14)3/h5-9H,4,10H2,1-3H3. The summed E-state index contributed by atoms with van der Waals surface area (Å²) in [7, 11) is 0. The molecule has 0 bridgehead atoms. The van der Waals surface area contributed by atoms with Gasteiger partial charge >= 0.3 is 0 Å². The molecule has 2 rings (SSSR count). The van der Waals surface area contributed by atoms with Crippen LogP contribution in [0.2, 0.25) is 0 Å². The number of hydrogen-bond donors (Lipinski definition) is 0. The lowest BCUT2D eigenvalue weighted by molar-refractivity contribution is 0.860. The monoisotopic (exact) mass is 214 g/mol. The van der Waals surface area contributed by atoms with E-state index in [1.807, 2.05) is 6.21 Å². The number of aryl methyl sites for hydroxylation is 1. The number of hydrogen-bond acceptors (Lipinski definition) is 2. The van der Waals surface area contributed by atoms with Crippen molar-refractivity contribution in [3.63, 3.8) is 0 Å². The third-order valence-electron chi connectivity index (χ3n) is 3.18. The first-order valence-corrected chi connectivity index (χ1v) is 5.78. The summed E-state index contributed by atoms with van der Waals surface area (Å²) in [6.45, 7) is 7.40. The molecule has 84 valence electrons. The highest BCUT2D eigenvalue weighted by Gasteiger charge is 2.12. The molecule has 1 aliphatic rings. The lowest BCUT2D eigenvalue weighted by Gasteiger charge is -2.25. The van der Waals surface area contributed by atoms with E-state index in [2.05, 4.69) is 55.2 Å². The van der Waals surface area contributed by atoms with Gasteiger partial charge < -0.3 is 0 Å². The van der Waals surface area contributed by atoms with Gasteiger partial charge in [0.1, 0.15) is 0 Å². The molecule has 0 saturated carbocycles. The van der Waals surface area contributed by atoms with E-state index in [1.54, 1.807) is 0 Å². The lowest BCUT2D eigenvalue weighted by atomic mass is 10.1. The molecule has 0 spiro atoms. The van der Waals surface area contributed by atoms with Crippen molar-refractivity contribution >= 4 is 11.9 Å². The second-order valence-corrected chi connectivity index (χ2v) is 4.22. The lowest BCUT2D eigenvalue weighted by Crippen LogP contribution is -2.23. The number of benzene rings is 1. The molecule has 0 saturated heterocycles. The summed E-state index contributed by atoms with van der Waals surface area (Å²) >= 11 is 0. The van der Waals surface area contributed by atoms with Crippen molar-refractivity contribution in [1.82, 2.24) is 0 Å². The Morgan fingerprint density at radius 3 is 2.88 bits per heavy atom. The Bertz CT molecular complexity index is 444. The molecular formula is C14H18N2. The van der Waals surface area contributed by atoms with Gasteiger partial charge in [-0.2, -0.15) is 5.10 Å². The Hall–Kier alpha value is -1.57. The van der Waals surface area contributed by atoms with Crippen LogP contribution in [0.1, 0.15) is 24.5 Å². The molecule has 0 fully saturated rings. The minimum Gasteiger partial charge on any atom is -0.261 e. The van der Waals surface area contributed by atoms with Crippen molar-refractivity contribution < 1.29 is 0 Å². The van der Waals surface area contributed by atoms with E-state index in [0.29, 0.717) is 0 Å². The first-order chi connectivity index (χ1) is 7.72.